The molecule has 4 nitrogen and oxygen atoms in total. The third kappa shape index (κ3) is 4.52. The summed E-state index contributed by atoms with van der Waals surface area (Å²) in [5.74, 6) is -0.344. The van der Waals surface area contributed by atoms with E-state index in [4.69, 9.17) is 0 Å². The van der Waals surface area contributed by atoms with Gasteiger partial charge in [-0.15, -0.1) is 0 Å². The van der Waals surface area contributed by atoms with E-state index >= 15 is 0 Å². The SMILES string of the molecule is C[Si-](C)(c1ccc(C2c3ccccc3S(=O)(=O)c3ccccc32)cc1)c1ccc(C2c3ccccc3S(=O)(=O)c3ccccc32)cc1. The minimum absolute atomic E-state index is 0.172. The van der Waals surface area contributed by atoms with Crippen LogP contribution in [0.4, 0.5) is 0 Å². The maximum atomic E-state index is 13.5. The molecule has 233 valence electrons. The van der Waals surface area contributed by atoms with Crippen molar-refractivity contribution >= 4 is 38.1 Å². The quantitative estimate of drug-likeness (QED) is 0.187. The van der Waals surface area contributed by atoms with Crippen molar-refractivity contribution in [3.05, 3.63) is 179 Å². The Labute approximate surface area is 277 Å². The van der Waals surface area contributed by atoms with Gasteiger partial charge in [-0.2, -0.15) is 23.5 Å². The van der Waals surface area contributed by atoms with Gasteiger partial charge in [0.1, 0.15) is 0 Å². The van der Waals surface area contributed by atoms with Crippen LogP contribution in [0.2, 0.25) is 13.1 Å². The lowest BCUT2D eigenvalue weighted by atomic mass is 9.85. The molecule has 6 aromatic rings. The molecule has 0 N–H and O–H groups in total. The zero-order chi connectivity index (χ0) is 32.6. The van der Waals surface area contributed by atoms with Crippen LogP contribution in [0.1, 0.15) is 45.2 Å². The average Bonchev–Trinajstić information content (AvgIpc) is 3.09. The first kappa shape index (κ1) is 29.8. The molecule has 0 saturated heterocycles. The number of benzene rings is 6. The minimum Gasteiger partial charge on any atom is -0.218 e. The first-order valence-corrected chi connectivity index (χ1v) is 21.6. The molecular formula is C40H32O4S2Si-. The second-order valence-corrected chi connectivity index (χ2v) is 21.1. The average molecular weight is 669 g/mol. The molecule has 8 rings (SSSR count). The van der Waals surface area contributed by atoms with Gasteiger partial charge in [-0.05, 0) is 57.6 Å². The fraction of sp³-hybridized carbons (Fsp3) is 0.100. The standard InChI is InChI=1S/C40H32O4S2Si/c1-47(2,29-23-19-27(20-24-29)39-31-11-3-7-15-35(31)45(41,42)36-16-8-4-12-32(36)39)30-25-21-28(22-26-30)40-33-13-5-9-17-37(33)46(43,44)38-18-10-6-14-34(38)40/h3-26,39-40H,1-2H3/q-1. The van der Waals surface area contributed by atoms with Crippen molar-refractivity contribution in [1.29, 1.82) is 0 Å². The highest BCUT2D eigenvalue weighted by molar-refractivity contribution is 7.92. The Hall–Kier alpha value is -4.56. The van der Waals surface area contributed by atoms with Gasteiger partial charge in [0.15, 0.2) is 0 Å². The van der Waals surface area contributed by atoms with Crippen LogP contribution in [0.25, 0.3) is 0 Å². The molecule has 0 bridgehead atoms. The summed E-state index contributed by atoms with van der Waals surface area (Å²) in [6.07, 6.45) is 0. The van der Waals surface area contributed by atoms with E-state index < -0.39 is 27.7 Å². The molecule has 0 spiro atoms. The lowest BCUT2D eigenvalue weighted by Gasteiger charge is -2.37. The second-order valence-electron chi connectivity index (χ2n) is 12.9. The number of hydrogen-bond donors (Lipinski definition) is 0. The Morgan fingerprint density at radius 3 is 0.915 bits per heavy atom. The summed E-state index contributed by atoms with van der Waals surface area (Å²) in [5.41, 5.74) is 5.37. The molecule has 0 amide bonds. The van der Waals surface area contributed by atoms with Crippen molar-refractivity contribution in [1.82, 2.24) is 0 Å². The Morgan fingerprint density at radius 1 is 0.383 bits per heavy atom. The van der Waals surface area contributed by atoms with Gasteiger partial charge < -0.3 is 0 Å². The van der Waals surface area contributed by atoms with E-state index in [0.29, 0.717) is 19.6 Å². The predicted molar refractivity (Wildman–Crippen MR) is 188 cm³/mol. The van der Waals surface area contributed by atoms with Gasteiger partial charge in [0.05, 0.1) is 19.6 Å². The van der Waals surface area contributed by atoms with E-state index in [2.05, 4.69) is 61.6 Å². The van der Waals surface area contributed by atoms with Crippen LogP contribution in [0.5, 0.6) is 0 Å². The summed E-state index contributed by atoms with van der Waals surface area (Å²) in [4.78, 5) is 1.51. The molecule has 2 heterocycles. The lowest BCUT2D eigenvalue weighted by molar-refractivity contribution is 0.587. The van der Waals surface area contributed by atoms with Crippen molar-refractivity contribution in [2.75, 3.05) is 0 Å². The summed E-state index contributed by atoms with van der Waals surface area (Å²) in [6.45, 7) is 4.68. The first-order valence-electron chi connectivity index (χ1n) is 15.7. The lowest BCUT2D eigenvalue weighted by Crippen LogP contribution is -2.52. The van der Waals surface area contributed by atoms with Gasteiger partial charge in [-0.1, -0.05) is 129 Å². The van der Waals surface area contributed by atoms with Crippen LogP contribution in [0.3, 0.4) is 0 Å². The molecule has 0 aliphatic carbocycles. The van der Waals surface area contributed by atoms with Crippen LogP contribution in [0, 0.1) is 0 Å². The largest absolute Gasteiger partial charge is 0.218 e. The molecule has 0 unspecified atom stereocenters. The van der Waals surface area contributed by atoms with Gasteiger partial charge in [-0.25, -0.2) is 16.8 Å². The zero-order valence-corrected chi connectivity index (χ0v) is 28.6. The molecule has 0 saturated carbocycles. The van der Waals surface area contributed by atoms with Crippen LogP contribution in [0.15, 0.2) is 165 Å². The van der Waals surface area contributed by atoms with Gasteiger partial charge in [0, 0.05) is 11.8 Å². The van der Waals surface area contributed by atoms with E-state index in [9.17, 15) is 16.8 Å². The fourth-order valence-corrected chi connectivity index (χ4v) is 13.3. The maximum Gasteiger partial charge on any atom is 0.207 e. The zero-order valence-electron chi connectivity index (χ0n) is 26.0. The number of rotatable bonds is 4. The van der Waals surface area contributed by atoms with Gasteiger partial charge in [0.2, 0.25) is 19.7 Å². The highest BCUT2D eigenvalue weighted by Gasteiger charge is 2.37. The summed E-state index contributed by atoms with van der Waals surface area (Å²) >= 11 is 0. The maximum absolute atomic E-state index is 13.5. The molecule has 47 heavy (non-hydrogen) atoms. The molecule has 2 aliphatic rings. The molecule has 0 radical (unpaired) electrons. The Morgan fingerprint density at radius 2 is 0.638 bits per heavy atom. The van der Waals surface area contributed by atoms with Crippen molar-refractivity contribution in [3.8, 4) is 0 Å². The number of sulfone groups is 2. The van der Waals surface area contributed by atoms with Gasteiger partial charge >= 0.3 is 0 Å². The van der Waals surface area contributed by atoms with Gasteiger partial charge in [0.25, 0.3) is 0 Å². The molecule has 6 aromatic carbocycles. The van der Waals surface area contributed by atoms with E-state index in [0.717, 1.165) is 33.4 Å². The highest BCUT2D eigenvalue weighted by Crippen LogP contribution is 2.46. The Kier molecular flexibility index (Phi) is 6.81. The number of hydrogen-bond acceptors (Lipinski definition) is 4. The van der Waals surface area contributed by atoms with Crippen molar-refractivity contribution in [2.45, 2.75) is 44.5 Å². The third-order valence-corrected chi connectivity index (χ3v) is 17.4. The summed E-state index contributed by atoms with van der Waals surface area (Å²) in [7, 11) is -9.29. The van der Waals surface area contributed by atoms with Crippen molar-refractivity contribution < 1.29 is 16.8 Å². The van der Waals surface area contributed by atoms with Crippen molar-refractivity contribution in [2.24, 2.45) is 0 Å². The predicted octanol–water partition coefficient (Wildman–Crippen LogP) is 7.16. The topological polar surface area (TPSA) is 68.3 Å². The minimum atomic E-state index is -3.58. The van der Waals surface area contributed by atoms with Crippen LogP contribution >= 0.6 is 0 Å². The van der Waals surface area contributed by atoms with Crippen molar-refractivity contribution in [3.63, 3.8) is 0 Å². The summed E-state index contributed by atoms with van der Waals surface area (Å²) < 4.78 is 53.9. The Balaban J connectivity index is 1.15. The second kappa shape index (κ2) is 10.7. The monoisotopic (exact) mass is 668 g/mol. The molecule has 0 atom stereocenters. The van der Waals surface area contributed by atoms with E-state index in [-0.39, 0.29) is 11.8 Å². The van der Waals surface area contributed by atoms with Crippen LogP contribution in [-0.4, -0.2) is 24.9 Å². The van der Waals surface area contributed by atoms with Crippen LogP contribution in [-0.2, 0) is 19.7 Å². The van der Waals surface area contributed by atoms with Gasteiger partial charge in [-0.3, -0.25) is 0 Å². The molecule has 0 aromatic heterocycles. The highest BCUT2D eigenvalue weighted by atomic mass is 32.2. The van der Waals surface area contributed by atoms with Crippen LogP contribution < -0.4 is 10.4 Å². The smallest absolute Gasteiger partial charge is 0.207 e. The summed E-state index contributed by atoms with van der Waals surface area (Å²) in [5, 5.41) is 2.55. The number of fused-ring (bicyclic) bond motifs is 4. The third-order valence-electron chi connectivity index (χ3n) is 10.0. The molecular weight excluding hydrogens is 637 g/mol. The fourth-order valence-electron chi connectivity index (χ4n) is 7.50. The van der Waals surface area contributed by atoms with E-state index in [1.165, 1.54) is 10.4 Å². The molecule has 0 fully saturated rings. The van der Waals surface area contributed by atoms with E-state index in [1.54, 1.807) is 48.5 Å². The normalized spacial score (nSPS) is 16.4. The molecule has 7 heteroatoms. The summed E-state index contributed by atoms with van der Waals surface area (Å²) in [6, 6.07) is 46.8. The molecule has 2 aliphatic heterocycles. The van der Waals surface area contributed by atoms with E-state index in [1.807, 2.05) is 48.5 Å². The first-order chi connectivity index (χ1) is 22.6. The Bertz CT molecular complexity index is 2140.